The molecule has 13 heavy (non-hydrogen) atoms. The first-order chi connectivity index (χ1) is 6.28. The number of hydrogen-bond donors (Lipinski definition) is 0. The summed E-state index contributed by atoms with van der Waals surface area (Å²) in [4.78, 5) is 0. The van der Waals surface area contributed by atoms with Crippen LogP contribution in [-0.4, -0.2) is 12.3 Å². The zero-order valence-corrected chi connectivity index (χ0v) is 10.6. The van der Waals surface area contributed by atoms with Crippen LogP contribution in [0, 0.1) is 5.92 Å². The molecule has 0 aromatic carbocycles. The van der Waals surface area contributed by atoms with E-state index in [1.54, 1.807) is 0 Å². The minimum atomic E-state index is 0.223. The van der Waals surface area contributed by atoms with Crippen LogP contribution in [-0.2, 0) is 0 Å². The Labute approximate surface area is 85.6 Å². The summed E-state index contributed by atoms with van der Waals surface area (Å²) in [6, 6.07) is 0. The minimum absolute atomic E-state index is 0.223. The van der Waals surface area contributed by atoms with Crippen molar-refractivity contribution in [3.8, 4) is 0 Å². The van der Waals surface area contributed by atoms with Gasteiger partial charge < -0.3 is 0 Å². The average molecular weight is 200 g/mol. The van der Waals surface area contributed by atoms with E-state index in [-0.39, 0.29) is 7.92 Å². The van der Waals surface area contributed by atoms with Crippen LogP contribution in [0.1, 0.15) is 47.0 Å². The van der Waals surface area contributed by atoms with E-state index in [9.17, 15) is 0 Å². The van der Waals surface area contributed by atoms with E-state index < -0.39 is 0 Å². The lowest BCUT2D eigenvalue weighted by molar-refractivity contribution is 0.500. The summed E-state index contributed by atoms with van der Waals surface area (Å²) < 4.78 is 0. The van der Waals surface area contributed by atoms with E-state index in [4.69, 9.17) is 0 Å². The molecule has 0 rings (SSSR count). The van der Waals surface area contributed by atoms with Crippen molar-refractivity contribution < 1.29 is 0 Å². The van der Waals surface area contributed by atoms with Gasteiger partial charge in [-0.2, -0.15) is 0 Å². The highest BCUT2D eigenvalue weighted by Gasteiger charge is 2.00. The summed E-state index contributed by atoms with van der Waals surface area (Å²) in [7, 11) is 0.223. The third kappa shape index (κ3) is 6.27. The molecule has 0 aromatic rings. The standard InChI is InChI=1S/C12H25P/c1-5-12(6-2)10-9-11-13(7-3)8-4/h9,11-12H,5-8,10H2,1-4H3. The van der Waals surface area contributed by atoms with Crippen molar-refractivity contribution in [1.82, 2.24) is 0 Å². The van der Waals surface area contributed by atoms with Crippen LogP contribution < -0.4 is 0 Å². The molecule has 1 heteroatoms. The lowest BCUT2D eigenvalue weighted by atomic mass is 10.00. The molecule has 0 N–H and O–H groups in total. The average Bonchev–Trinajstić information content (AvgIpc) is 2.19. The van der Waals surface area contributed by atoms with E-state index in [2.05, 4.69) is 39.6 Å². The number of rotatable bonds is 7. The second kappa shape index (κ2) is 8.75. The van der Waals surface area contributed by atoms with Crippen molar-refractivity contribution in [2.45, 2.75) is 47.0 Å². The third-order valence-corrected chi connectivity index (χ3v) is 5.01. The molecule has 0 bridgehead atoms. The van der Waals surface area contributed by atoms with Gasteiger partial charge in [0.1, 0.15) is 0 Å². The fourth-order valence-electron chi connectivity index (χ4n) is 1.46. The summed E-state index contributed by atoms with van der Waals surface area (Å²) in [5.74, 6) is 3.40. The van der Waals surface area contributed by atoms with Gasteiger partial charge in [0.2, 0.25) is 0 Å². The van der Waals surface area contributed by atoms with E-state index in [0.29, 0.717) is 0 Å². The van der Waals surface area contributed by atoms with Gasteiger partial charge >= 0.3 is 0 Å². The van der Waals surface area contributed by atoms with E-state index in [0.717, 1.165) is 5.92 Å². The molecule has 0 nitrogen and oxygen atoms in total. The van der Waals surface area contributed by atoms with Crippen molar-refractivity contribution in [2.75, 3.05) is 12.3 Å². The molecule has 0 aromatic heterocycles. The zero-order valence-electron chi connectivity index (χ0n) is 9.71. The van der Waals surface area contributed by atoms with Gasteiger partial charge in [-0.3, -0.25) is 0 Å². The molecule has 0 fully saturated rings. The maximum Gasteiger partial charge on any atom is -0.0319 e. The van der Waals surface area contributed by atoms with Crippen molar-refractivity contribution in [1.29, 1.82) is 0 Å². The summed E-state index contributed by atoms with van der Waals surface area (Å²) in [5, 5.41) is 0. The fourth-order valence-corrected chi connectivity index (χ4v) is 2.75. The van der Waals surface area contributed by atoms with Gasteiger partial charge in [0.05, 0.1) is 0 Å². The molecule has 0 aliphatic heterocycles. The lowest BCUT2D eigenvalue weighted by Gasteiger charge is -2.10. The molecule has 0 spiro atoms. The second-order valence-electron chi connectivity index (χ2n) is 3.52. The smallest absolute Gasteiger partial charge is 0.0319 e. The minimum Gasteiger partial charge on any atom is -0.0841 e. The van der Waals surface area contributed by atoms with Crippen molar-refractivity contribution in [2.24, 2.45) is 5.92 Å². The van der Waals surface area contributed by atoms with Gasteiger partial charge in [-0.1, -0.05) is 60.4 Å². The first kappa shape index (κ1) is 13.2. The van der Waals surface area contributed by atoms with Gasteiger partial charge in [-0.05, 0) is 24.7 Å². The Balaban J connectivity index is 3.70. The summed E-state index contributed by atoms with van der Waals surface area (Å²) in [5.41, 5.74) is 0. The Morgan fingerprint density at radius 3 is 1.92 bits per heavy atom. The highest BCUT2D eigenvalue weighted by Crippen LogP contribution is 2.36. The maximum atomic E-state index is 2.48. The first-order valence-electron chi connectivity index (χ1n) is 5.69. The topological polar surface area (TPSA) is 0 Å². The zero-order chi connectivity index (χ0) is 10.1. The summed E-state index contributed by atoms with van der Waals surface area (Å²) in [6.45, 7) is 9.20. The maximum absolute atomic E-state index is 2.48. The predicted octanol–water partition coefficient (Wildman–Crippen LogP) is 4.85. The molecule has 0 aliphatic carbocycles. The molecule has 0 saturated heterocycles. The van der Waals surface area contributed by atoms with Crippen molar-refractivity contribution >= 4 is 7.92 Å². The van der Waals surface area contributed by atoms with Gasteiger partial charge in [0.25, 0.3) is 0 Å². The molecular weight excluding hydrogens is 175 g/mol. The Morgan fingerprint density at radius 2 is 1.54 bits per heavy atom. The second-order valence-corrected chi connectivity index (χ2v) is 6.26. The first-order valence-corrected chi connectivity index (χ1v) is 7.47. The van der Waals surface area contributed by atoms with Crippen LogP contribution in [0.25, 0.3) is 0 Å². The van der Waals surface area contributed by atoms with Crippen LogP contribution in [0.4, 0.5) is 0 Å². The van der Waals surface area contributed by atoms with Gasteiger partial charge in [0.15, 0.2) is 0 Å². The Morgan fingerprint density at radius 1 is 1.00 bits per heavy atom. The molecule has 0 saturated carbocycles. The third-order valence-electron chi connectivity index (χ3n) is 2.75. The molecule has 0 radical (unpaired) electrons. The highest BCUT2D eigenvalue weighted by molar-refractivity contribution is 7.60. The lowest BCUT2D eigenvalue weighted by Crippen LogP contribution is -1.93. The van der Waals surface area contributed by atoms with E-state index >= 15 is 0 Å². The molecule has 0 aliphatic rings. The molecule has 78 valence electrons. The largest absolute Gasteiger partial charge is 0.0841 e. The fraction of sp³-hybridized carbons (Fsp3) is 0.833. The van der Waals surface area contributed by atoms with Crippen LogP contribution in [0.2, 0.25) is 0 Å². The van der Waals surface area contributed by atoms with E-state index in [1.807, 2.05) is 0 Å². The number of allylic oxidation sites excluding steroid dienone is 1. The monoisotopic (exact) mass is 200 g/mol. The number of hydrogen-bond acceptors (Lipinski definition) is 0. The molecule has 0 heterocycles. The Bertz CT molecular complexity index is 121. The molecule has 0 atom stereocenters. The van der Waals surface area contributed by atoms with Gasteiger partial charge in [-0.15, -0.1) is 0 Å². The van der Waals surface area contributed by atoms with Crippen LogP contribution >= 0.6 is 7.92 Å². The van der Waals surface area contributed by atoms with Crippen LogP contribution in [0.5, 0.6) is 0 Å². The van der Waals surface area contributed by atoms with Crippen LogP contribution in [0.3, 0.4) is 0 Å². The quantitative estimate of drug-likeness (QED) is 0.515. The van der Waals surface area contributed by atoms with E-state index in [1.165, 1.54) is 31.6 Å². The van der Waals surface area contributed by atoms with Gasteiger partial charge in [0, 0.05) is 0 Å². The van der Waals surface area contributed by atoms with Crippen LogP contribution in [0.15, 0.2) is 11.9 Å². The Hall–Kier alpha value is 0.170. The SMILES string of the molecule is CCC(CC)CC=CP(CC)CC. The summed E-state index contributed by atoms with van der Waals surface area (Å²) >= 11 is 0. The molecule has 0 amide bonds. The van der Waals surface area contributed by atoms with Gasteiger partial charge in [-0.25, -0.2) is 0 Å². The predicted molar refractivity (Wildman–Crippen MR) is 65.8 cm³/mol. The van der Waals surface area contributed by atoms with Crippen molar-refractivity contribution in [3.05, 3.63) is 11.9 Å². The molecular formula is C12H25P. The Kier molecular flexibility index (Phi) is 8.87. The highest BCUT2D eigenvalue weighted by atomic mass is 31.1. The molecule has 0 unspecified atom stereocenters. The van der Waals surface area contributed by atoms with Crippen molar-refractivity contribution in [3.63, 3.8) is 0 Å². The normalized spacial score (nSPS) is 12.2. The summed E-state index contributed by atoms with van der Waals surface area (Å²) in [6.07, 6.45) is 9.09.